The molecule has 0 saturated carbocycles. The molecule has 2 aromatic rings. The SMILES string of the molecule is CC(=O)Nc1oc(-c2ccc(Cl)cc2Cl)c(O)c1OC(C)=O. The summed E-state index contributed by atoms with van der Waals surface area (Å²) in [4.78, 5) is 22.3. The minimum absolute atomic E-state index is 0.0540. The van der Waals surface area contributed by atoms with Crippen molar-refractivity contribution >= 4 is 41.0 Å². The van der Waals surface area contributed by atoms with Crippen LogP contribution in [0.15, 0.2) is 22.6 Å². The van der Waals surface area contributed by atoms with Crippen LogP contribution >= 0.6 is 23.2 Å². The van der Waals surface area contributed by atoms with Crippen molar-refractivity contribution in [3.8, 4) is 22.8 Å². The van der Waals surface area contributed by atoms with E-state index in [1.807, 2.05) is 0 Å². The number of aromatic hydroxyl groups is 1. The van der Waals surface area contributed by atoms with E-state index in [0.29, 0.717) is 10.6 Å². The Kier molecular flexibility index (Phi) is 4.63. The van der Waals surface area contributed by atoms with Crippen LogP contribution in [-0.4, -0.2) is 17.0 Å². The normalized spacial score (nSPS) is 10.4. The maximum Gasteiger partial charge on any atom is 0.308 e. The number of ether oxygens (including phenoxy) is 1. The van der Waals surface area contributed by atoms with E-state index in [0.717, 1.165) is 6.92 Å². The summed E-state index contributed by atoms with van der Waals surface area (Å²) >= 11 is 11.9. The minimum atomic E-state index is -0.684. The fourth-order valence-corrected chi connectivity index (χ4v) is 2.24. The standard InChI is InChI=1S/C14H11Cl2NO5/c1-6(18)17-14-13(21-7(2)19)11(20)12(22-14)9-4-3-8(15)5-10(9)16/h3-5,20H,1-2H3,(H,17,18). The van der Waals surface area contributed by atoms with Crippen LogP contribution in [-0.2, 0) is 9.59 Å². The molecule has 0 aliphatic heterocycles. The van der Waals surface area contributed by atoms with E-state index in [-0.39, 0.29) is 22.4 Å². The van der Waals surface area contributed by atoms with Crippen molar-refractivity contribution in [1.82, 2.24) is 0 Å². The zero-order chi connectivity index (χ0) is 16.4. The number of amides is 1. The van der Waals surface area contributed by atoms with E-state index >= 15 is 0 Å². The Morgan fingerprint density at radius 2 is 1.95 bits per heavy atom. The van der Waals surface area contributed by atoms with Crippen LogP contribution < -0.4 is 10.1 Å². The lowest BCUT2D eigenvalue weighted by Crippen LogP contribution is -2.08. The molecular weight excluding hydrogens is 333 g/mol. The molecule has 0 atom stereocenters. The quantitative estimate of drug-likeness (QED) is 0.826. The molecular formula is C14H11Cl2NO5. The molecule has 2 N–H and O–H groups in total. The van der Waals surface area contributed by atoms with Gasteiger partial charge < -0.3 is 14.3 Å². The summed E-state index contributed by atoms with van der Waals surface area (Å²) in [5, 5.41) is 13.2. The molecule has 0 fully saturated rings. The average molecular weight is 344 g/mol. The van der Waals surface area contributed by atoms with Crippen LogP contribution in [0.2, 0.25) is 10.0 Å². The van der Waals surface area contributed by atoms with Crippen molar-refractivity contribution in [2.24, 2.45) is 0 Å². The number of carbonyl (C=O) groups is 2. The van der Waals surface area contributed by atoms with Gasteiger partial charge >= 0.3 is 5.97 Å². The first kappa shape index (κ1) is 16.2. The Balaban J connectivity index is 2.59. The molecule has 1 heterocycles. The lowest BCUT2D eigenvalue weighted by molar-refractivity contribution is -0.132. The smallest absolute Gasteiger partial charge is 0.308 e. The molecule has 0 radical (unpaired) electrons. The molecule has 8 heteroatoms. The summed E-state index contributed by atoms with van der Waals surface area (Å²) < 4.78 is 10.3. The largest absolute Gasteiger partial charge is 0.502 e. The van der Waals surface area contributed by atoms with Crippen LogP contribution in [0.3, 0.4) is 0 Å². The number of anilines is 1. The van der Waals surface area contributed by atoms with Gasteiger partial charge in [-0.2, -0.15) is 0 Å². The lowest BCUT2D eigenvalue weighted by atomic mass is 10.1. The average Bonchev–Trinajstić information content (AvgIpc) is 2.66. The first-order chi connectivity index (χ1) is 10.3. The molecule has 0 aliphatic carbocycles. The molecule has 6 nitrogen and oxygen atoms in total. The number of esters is 1. The second-order valence-electron chi connectivity index (χ2n) is 4.34. The topological polar surface area (TPSA) is 88.8 Å². The third kappa shape index (κ3) is 3.35. The van der Waals surface area contributed by atoms with Gasteiger partial charge in [0, 0.05) is 24.4 Å². The van der Waals surface area contributed by atoms with E-state index in [1.165, 1.54) is 19.1 Å². The van der Waals surface area contributed by atoms with Gasteiger partial charge in [-0.3, -0.25) is 14.9 Å². The number of hydrogen-bond donors (Lipinski definition) is 2. The number of benzene rings is 1. The Bertz CT molecular complexity index is 754. The highest BCUT2D eigenvalue weighted by Crippen LogP contribution is 2.48. The van der Waals surface area contributed by atoms with Crippen LogP contribution in [0.25, 0.3) is 11.3 Å². The third-order valence-electron chi connectivity index (χ3n) is 2.55. The summed E-state index contributed by atoms with van der Waals surface area (Å²) in [7, 11) is 0. The number of carbonyl (C=O) groups excluding carboxylic acids is 2. The molecule has 0 bridgehead atoms. The van der Waals surface area contributed by atoms with Crippen molar-refractivity contribution in [2.45, 2.75) is 13.8 Å². The predicted molar refractivity (Wildman–Crippen MR) is 81.4 cm³/mol. The van der Waals surface area contributed by atoms with Crippen molar-refractivity contribution in [1.29, 1.82) is 0 Å². The second-order valence-corrected chi connectivity index (χ2v) is 5.18. The zero-order valence-corrected chi connectivity index (χ0v) is 13.1. The number of rotatable bonds is 3. The summed E-state index contributed by atoms with van der Waals surface area (Å²) in [5.41, 5.74) is 0.327. The maximum atomic E-state index is 11.2. The highest BCUT2D eigenvalue weighted by molar-refractivity contribution is 6.36. The summed E-state index contributed by atoms with van der Waals surface area (Å²) in [5.74, 6) is -2.14. The fraction of sp³-hybridized carbons (Fsp3) is 0.143. The molecule has 0 saturated heterocycles. The first-order valence-electron chi connectivity index (χ1n) is 6.06. The van der Waals surface area contributed by atoms with Gasteiger partial charge in [0.1, 0.15) is 0 Å². The molecule has 0 spiro atoms. The van der Waals surface area contributed by atoms with Crippen molar-refractivity contribution < 1.29 is 23.8 Å². The van der Waals surface area contributed by atoms with Crippen LogP contribution in [0.5, 0.6) is 11.5 Å². The van der Waals surface area contributed by atoms with Gasteiger partial charge in [-0.15, -0.1) is 0 Å². The Hall–Kier alpha value is -2.18. The van der Waals surface area contributed by atoms with E-state index < -0.39 is 17.6 Å². The van der Waals surface area contributed by atoms with E-state index in [2.05, 4.69) is 5.32 Å². The van der Waals surface area contributed by atoms with Crippen LogP contribution in [0.1, 0.15) is 13.8 Å². The van der Waals surface area contributed by atoms with Crippen molar-refractivity contribution in [3.05, 3.63) is 28.2 Å². The summed E-state index contributed by atoms with van der Waals surface area (Å²) in [6, 6.07) is 4.54. The molecule has 1 aromatic heterocycles. The van der Waals surface area contributed by atoms with Gasteiger partial charge in [0.2, 0.25) is 23.3 Å². The number of halogens is 2. The zero-order valence-electron chi connectivity index (χ0n) is 11.6. The lowest BCUT2D eigenvalue weighted by Gasteiger charge is -2.02. The monoisotopic (exact) mass is 343 g/mol. The van der Waals surface area contributed by atoms with Gasteiger partial charge in [0.05, 0.1) is 5.02 Å². The molecule has 22 heavy (non-hydrogen) atoms. The van der Waals surface area contributed by atoms with E-state index in [1.54, 1.807) is 6.07 Å². The van der Waals surface area contributed by atoms with Gasteiger partial charge in [0.15, 0.2) is 5.76 Å². The van der Waals surface area contributed by atoms with Gasteiger partial charge in [0.25, 0.3) is 0 Å². The number of hydrogen-bond acceptors (Lipinski definition) is 5. The van der Waals surface area contributed by atoms with Crippen LogP contribution in [0.4, 0.5) is 5.88 Å². The fourth-order valence-electron chi connectivity index (χ4n) is 1.74. The Labute approximate surface area is 135 Å². The van der Waals surface area contributed by atoms with Gasteiger partial charge in [-0.25, -0.2) is 0 Å². The summed E-state index contributed by atoms with van der Waals surface area (Å²) in [6.07, 6.45) is 0. The van der Waals surface area contributed by atoms with Gasteiger partial charge in [-0.1, -0.05) is 23.2 Å². The Morgan fingerprint density at radius 1 is 1.27 bits per heavy atom. The molecule has 1 aromatic carbocycles. The maximum absolute atomic E-state index is 11.2. The third-order valence-corrected chi connectivity index (χ3v) is 3.10. The van der Waals surface area contributed by atoms with Crippen molar-refractivity contribution in [2.75, 3.05) is 5.32 Å². The molecule has 0 aliphatic rings. The molecule has 2 rings (SSSR count). The second kappa shape index (κ2) is 6.29. The van der Waals surface area contributed by atoms with Crippen LogP contribution in [0, 0.1) is 0 Å². The van der Waals surface area contributed by atoms with E-state index in [9.17, 15) is 14.7 Å². The van der Waals surface area contributed by atoms with Gasteiger partial charge in [-0.05, 0) is 18.2 Å². The number of nitrogens with one attached hydrogen (secondary N) is 1. The molecule has 1 amide bonds. The van der Waals surface area contributed by atoms with E-state index in [4.69, 9.17) is 32.4 Å². The molecule has 116 valence electrons. The minimum Gasteiger partial charge on any atom is -0.502 e. The highest BCUT2D eigenvalue weighted by atomic mass is 35.5. The first-order valence-corrected chi connectivity index (χ1v) is 6.82. The highest BCUT2D eigenvalue weighted by Gasteiger charge is 2.26. The Morgan fingerprint density at radius 3 is 2.50 bits per heavy atom. The summed E-state index contributed by atoms with van der Waals surface area (Å²) in [6.45, 7) is 2.39. The number of furan rings is 1. The predicted octanol–water partition coefficient (Wildman–Crippen LogP) is 3.84. The molecule has 0 unspecified atom stereocenters. The van der Waals surface area contributed by atoms with Crippen molar-refractivity contribution in [3.63, 3.8) is 0 Å².